The van der Waals surface area contributed by atoms with Gasteiger partial charge in [-0.15, -0.1) is 0 Å². The molecule has 5 heteroatoms. The van der Waals surface area contributed by atoms with E-state index >= 15 is 0 Å². The molecule has 0 radical (unpaired) electrons. The van der Waals surface area contributed by atoms with E-state index < -0.39 is 0 Å². The van der Waals surface area contributed by atoms with Crippen molar-refractivity contribution in [2.75, 3.05) is 6.61 Å². The highest BCUT2D eigenvalue weighted by atomic mass is 16.5. The number of aromatic nitrogens is 2. The van der Waals surface area contributed by atoms with Gasteiger partial charge >= 0.3 is 0 Å². The van der Waals surface area contributed by atoms with E-state index in [0.29, 0.717) is 6.61 Å². The monoisotopic (exact) mass is 495 g/mol. The second-order valence-electron chi connectivity index (χ2n) is 10.4. The van der Waals surface area contributed by atoms with Crippen molar-refractivity contribution in [1.29, 1.82) is 0 Å². The molecule has 0 saturated carbocycles. The van der Waals surface area contributed by atoms with Crippen LogP contribution in [0.1, 0.15) is 63.5 Å². The van der Waals surface area contributed by atoms with Crippen molar-refractivity contribution in [2.24, 2.45) is 0 Å². The summed E-state index contributed by atoms with van der Waals surface area (Å²) in [7, 11) is 0. The van der Waals surface area contributed by atoms with Crippen molar-refractivity contribution in [1.82, 2.24) is 14.9 Å². The van der Waals surface area contributed by atoms with Crippen LogP contribution >= 0.6 is 0 Å². The minimum absolute atomic E-state index is 0.137. The first-order valence-corrected chi connectivity index (χ1v) is 13.0. The topological polar surface area (TPSA) is 56.2 Å². The number of imidazole rings is 1. The molecule has 4 aromatic rings. The molecule has 1 unspecified atom stereocenters. The van der Waals surface area contributed by atoms with Gasteiger partial charge in [-0.3, -0.25) is 4.79 Å². The zero-order valence-corrected chi connectivity index (χ0v) is 22.3. The maximum atomic E-state index is 12.6. The van der Waals surface area contributed by atoms with E-state index in [-0.39, 0.29) is 17.4 Å². The summed E-state index contributed by atoms with van der Waals surface area (Å²) in [6.45, 7) is 10.1. The predicted molar refractivity (Wildman–Crippen MR) is 152 cm³/mol. The summed E-state index contributed by atoms with van der Waals surface area (Å²) in [5.41, 5.74) is 4.45. The summed E-state index contributed by atoms with van der Waals surface area (Å²) in [6, 6.07) is 26.1. The van der Waals surface area contributed by atoms with E-state index in [4.69, 9.17) is 9.72 Å². The summed E-state index contributed by atoms with van der Waals surface area (Å²) < 4.78 is 8.21. The molecule has 0 fully saturated rings. The zero-order chi connectivity index (χ0) is 26.3. The highest BCUT2D eigenvalue weighted by molar-refractivity contribution is 5.92. The Morgan fingerprint density at radius 2 is 1.68 bits per heavy atom. The van der Waals surface area contributed by atoms with Crippen LogP contribution in [0.15, 0.2) is 84.9 Å². The lowest BCUT2D eigenvalue weighted by atomic mass is 9.87. The smallest absolute Gasteiger partial charge is 0.244 e. The van der Waals surface area contributed by atoms with Crippen LogP contribution < -0.4 is 10.1 Å². The van der Waals surface area contributed by atoms with Crippen molar-refractivity contribution in [3.05, 3.63) is 102 Å². The average Bonchev–Trinajstić information content (AvgIpc) is 3.26. The maximum absolute atomic E-state index is 12.6. The van der Waals surface area contributed by atoms with E-state index in [9.17, 15) is 4.79 Å². The molecule has 1 atom stereocenters. The van der Waals surface area contributed by atoms with Gasteiger partial charge in [0.2, 0.25) is 5.91 Å². The molecule has 0 aliphatic rings. The Hall–Kier alpha value is -3.86. The first-order valence-electron chi connectivity index (χ1n) is 13.0. The quantitative estimate of drug-likeness (QED) is 0.189. The van der Waals surface area contributed by atoms with Gasteiger partial charge in [-0.2, -0.15) is 0 Å². The Bertz CT molecular complexity index is 1330. The second-order valence-corrected chi connectivity index (χ2v) is 10.4. The van der Waals surface area contributed by atoms with Gasteiger partial charge in [0.1, 0.15) is 11.6 Å². The minimum atomic E-state index is -0.224. The van der Waals surface area contributed by atoms with E-state index in [1.165, 1.54) is 5.56 Å². The Labute approximate surface area is 220 Å². The van der Waals surface area contributed by atoms with Gasteiger partial charge in [0, 0.05) is 12.6 Å². The van der Waals surface area contributed by atoms with Gasteiger partial charge in [0.15, 0.2) is 0 Å². The summed E-state index contributed by atoms with van der Waals surface area (Å²) in [5.74, 6) is 1.63. The molecule has 4 rings (SSSR count). The third-order valence-electron chi connectivity index (χ3n) is 6.42. The number of unbranched alkanes of at least 4 members (excludes halogenated alkanes) is 1. The van der Waals surface area contributed by atoms with Crippen molar-refractivity contribution >= 4 is 23.0 Å². The second kappa shape index (κ2) is 11.9. The molecule has 5 nitrogen and oxygen atoms in total. The lowest BCUT2D eigenvalue weighted by Crippen LogP contribution is -2.27. The average molecular weight is 496 g/mol. The fourth-order valence-corrected chi connectivity index (χ4v) is 4.33. The number of carbonyl (C=O) groups is 1. The number of aryl methyl sites for hydroxylation is 1. The zero-order valence-electron chi connectivity index (χ0n) is 22.3. The molecule has 1 amide bonds. The lowest BCUT2D eigenvalue weighted by Gasteiger charge is -2.19. The summed E-state index contributed by atoms with van der Waals surface area (Å²) in [6.07, 6.45) is 5.27. The van der Waals surface area contributed by atoms with E-state index in [1.807, 2.05) is 61.5 Å². The van der Waals surface area contributed by atoms with Gasteiger partial charge < -0.3 is 14.6 Å². The number of hydrogen-bond acceptors (Lipinski definition) is 3. The standard InChI is InChI=1S/C32H37N3O2/c1-24(33-30(36)21-16-25-12-6-5-7-13-25)31-34-28-14-8-9-15-29(28)35(31)22-10-11-23-37-27-19-17-26(18-20-27)32(2,3)4/h5-9,12-21,24H,10-11,22-23H2,1-4H3,(H,33,36)/b21-16-. The van der Waals surface area contributed by atoms with Crippen LogP contribution in [0, 0.1) is 0 Å². The molecular weight excluding hydrogens is 458 g/mol. The van der Waals surface area contributed by atoms with E-state index in [2.05, 4.69) is 61.0 Å². The van der Waals surface area contributed by atoms with Gasteiger partial charge in [-0.1, -0.05) is 75.4 Å². The molecule has 0 aliphatic carbocycles. The number of hydrogen-bond donors (Lipinski definition) is 1. The number of ether oxygens (including phenoxy) is 1. The maximum Gasteiger partial charge on any atom is 0.244 e. The number of para-hydroxylation sites is 2. The minimum Gasteiger partial charge on any atom is -0.494 e. The van der Waals surface area contributed by atoms with Crippen LogP contribution in [0.4, 0.5) is 0 Å². The molecule has 1 N–H and O–H groups in total. The molecule has 192 valence electrons. The van der Waals surface area contributed by atoms with Crippen LogP contribution in [0.2, 0.25) is 0 Å². The predicted octanol–water partition coefficient (Wildman–Crippen LogP) is 7.08. The van der Waals surface area contributed by atoms with E-state index in [1.54, 1.807) is 6.08 Å². The molecule has 1 aromatic heterocycles. The number of nitrogens with zero attached hydrogens (tertiary/aromatic N) is 2. The third kappa shape index (κ3) is 7.10. The summed E-state index contributed by atoms with van der Waals surface area (Å²) in [4.78, 5) is 17.4. The highest BCUT2D eigenvalue weighted by Gasteiger charge is 2.17. The van der Waals surface area contributed by atoms with Crippen molar-refractivity contribution in [3.8, 4) is 5.75 Å². The summed E-state index contributed by atoms with van der Waals surface area (Å²) in [5, 5.41) is 3.07. The Morgan fingerprint density at radius 1 is 0.973 bits per heavy atom. The number of amides is 1. The van der Waals surface area contributed by atoms with Crippen LogP contribution in [0.25, 0.3) is 17.1 Å². The van der Waals surface area contributed by atoms with Crippen LogP contribution in [-0.2, 0) is 16.8 Å². The molecule has 1 heterocycles. The lowest BCUT2D eigenvalue weighted by molar-refractivity contribution is -0.117. The third-order valence-corrected chi connectivity index (χ3v) is 6.42. The molecule has 0 aliphatic heterocycles. The largest absolute Gasteiger partial charge is 0.494 e. The van der Waals surface area contributed by atoms with Crippen molar-refractivity contribution < 1.29 is 9.53 Å². The fourth-order valence-electron chi connectivity index (χ4n) is 4.33. The molecule has 3 aromatic carbocycles. The fraction of sp³-hybridized carbons (Fsp3) is 0.312. The van der Waals surface area contributed by atoms with E-state index in [0.717, 1.165) is 47.6 Å². The van der Waals surface area contributed by atoms with Crippen LogP contribution in [0.3, 0.4) is 0 Å². The summed E-state index contributed by atoms with van der Waals surface area (Å²) >= 11 is 0. The molecule has 0 saturated heterocycles. The molecular formula is C32H37N3O2. The van der Waals surface area contributed by atoms with Crippen molar-refractivity contribution in [2.45, 2.75) is 58.5 Å². The molecule has 0 spiro atoms. The Balaban J connectivity index is 1.35. The normalized spacial score (nSPS) is 12.6. The van der Waals surface area contributed by atoms with Crippen LogP contribution in [0.5, 0.6) is 5.75 Å². The number of nitrogens with one attached hydrogen (secondary N) is 1. The van der Waals surface area contributed by atoms with Crippen molar-refractivity contribution in [3.63, 3.8) is 0 Å². The first-order chi connectivity index (χ1) is 17.8. The number of carbonyl (C=O) groups excluding carboxylic acids is 1. The first kappa shape index (κ1) is 26.2. The Morgan fingerprint density at radius 3 is 2.41 bits per heavy atom. The number of fused-ring (bicyclic) bond motifs is 1. The Kier molecular flexibility index (Phi) is 8.44. The van der Waals surface area contributed by atoms with Crippen LogP contribution in [-0.4, -0.2) is 22.1 Å². The SMILES string of the molecule is CC(NC(=O)/C=C\c1ccccc1)c1nc2ccccc2n1CCCCOc1ccc(C(C)(C)C)cc1. The molecule has 37 heavy (non-hydrogen) atoms. The van der Waals surface area contributed by atoms with Gasteiger partial charge in [0.25, 0.3) is 0 Å². The van der Waals surface area contributed by atoms with Gasteiger partial charge in [0.05, 0.1) is 23.7 Å². The highest BCUT2D eigenvalue weighted by Crippen LogP contribution is 2.25. The van der Waals surface area contributed by atoms with Gasteiger partial charge in [-0.05, 0) is 66.6 Å². The van der Waals surface area contributed by atoms with Gasteiger partial charge in [-0.25, -0.2) is 4.98 Å². The molecule has 0 bridgehead atoms. The number of rotatable bonds is 10. The number of benzene rings is 3.